The number of nitrogens with one attached hydrogen (secondary N) is 2. The predicted octanol–water partition coefficient (Wildman–Crippen LogP) is 3.96. The van der Waals surface area contributed by atoms with Gasteiger partial charge in [0, 0.05) is 3.57 Å². The zero-order valence-corrected chi connectivity index (χ0v) is 25.2. The van der Waals surface area contributed by atoms with Gasteiger partial charge in [-0.3, -0.25) is 4.79 Å². The highest BCUT2D eigenvalue weighted by Gasteiger charge is 2.26. The minimum Gasteiger partial charge on any atom is -0.490 e. The second kappa shape index (κ2) is 14.4. The van der Waals surface area contributed by atoms with E-state index < -0.39 is 34.5 Å². The molecule has 0 spiro atoms. The summed E-state index contributed by atoms with van der Waals surface area (Å²) in [6.45, 7) is 1.51. The Balaban J connectivity index is 1.80. The molecule has 0 unspecified atom stereocenters. The zero-order valence-electron chi connectivity index (χ0n) is 20.6. The molecule has 0 heterocycles. The van der Waals surface area contributed by atoms with Crippen LogP contribution >= 0.6 is 38.5 Å². The van der Waals surface area contributed by atoms with Crippen molar-refractivity contribution in [2.75, 3.05) is 13.2 Å². The number of hydrogen-bond acceptors (Lipinski definition) is 7. The van der Waals surface area contributed by atoms with Gasteiger partial charge < -0.3 is 14.6 Å². The Morgan fingerprint density at radius 2 is 1.79 bits per heavy atom. The standard InChI is InChI=1S/C26H25BrIN3O7S/c1-2-37-23-14-18(12-21(27)25(23)38-16-24(32)33)15-29-30-26(34)22(13-17-6-4-3-5-7-17)31-39(35,36)20-10-8-19(28)9-11-20/h3-12,14-15,22,31H,2,13,16H2,1H3,(H,30,34)(H,32,33)/b29-15-/t22-/m0/s1. The Morgan fingerprint density at radius 3 is 2.44 bits per heavy atom. The molecule has 0 saturated heterocycles. The van der Waals surface area contributed by atoms with Gasteiger partial charge in [0.1, 0.15) is 6.04 Å². The number of benzene rings is 3. The summed E-state index contributed by atoms with van der Waals surface area (Å²) in [5.41, 5.74) is 3.66. The highest BCUT2D eigenvalue weighted by molar-refractivity contribution is 14.1. The van der Waals surface area contributed by atoms with Crippen LogP contribution in [0.1, 0.15) is 18.1 Å². The van der Waals surface area contributed by atoms with E-state index in [1.54, 1.807) is 55.5 Å². The molecule has 1 amide bonds. The van der Waals surface area contributed by atoms with Crippen LogP contribution in [0.4, 0.5) is 0 Å². The number of hydrogen-bond donors (Lipinski definition) is 3. The summed E-state index contributed by atoms with van der Waals surface area (Å²) in [6, 6.07) is 17.3. The van der Waals surface area contributed by atoms with Gasteiger partial charge in [-0.25, -0.2) is 18.6 Å². The maximum atomic E-state index is 13.1. The number of rotatable bonds is 13. The zero-order chi connectivity index (χ0) is 28.4. The summed E-state index contributed by atoms with van der Waals surface area (Å²) < 4.78 is 40.7. The molecule has 0 fully saturated rings. The van der Waals surface area contributed by atoms with Crippen LogP contribution in [0.25, 0.3) is 0 Å². The minimum atomic E-state index is -4.00. The number of carbonyl (C=O) groups excluding carboxylic acids is 1. The summed E-state index contributed by atoms with van der Waals surface area (Å²) in [5, 5.41) is 12.9. The van der Waals surface area contributed by atoms with Crippen molar-refractivity contribution >= 4 is 66.6 Å². The Hall–Kier alpha value is -3.01. The summed E-state index contributed by atoms with van der Waals surface area (Å²) in [5.74, 6) is -1.29. The molecule has 3 rings (SSSR count). The largest absolute Gasteiger partial charge is 0.490 e. The molecular weight excluding hydrogens is 705 g/mol. The lowest BCUT2D eigenvalue weighted by molar-refractivity contribution is -0.139. The summed E-state index contributed by atoms with van der Waals surface area (Å²) >= 11 is 5.41. The Bertz CT molecular complexity index is 1440. The van der Waals surface area contributed by atoms with Crippen LogP contribution in [0.5, 0.6) is 11.5 Å². The fourth-order valence-corrected chi connectivity index (χ4v) is 5.48. The van der Waals surface area contributed by atoms with Crippen LogP contribution in [-0.2, 0) is 26.0 Å². The number of ether oxygens (including phenoxy) is 2. The van der Waals surface area contributed by atoms with Gasteiger partial charge in [-0.15, -0.1) is 0 Å². The maximum absolute atomic E-state index is 13.1. The van der Waals surface area contributed by atoms with E-state index in [4.69, 9.17) is 14.6 Å². The smallest absolute Gasteiger partial charge is 0.341 e. The van der Waals surface area contributed by atoms with Crippen LogP contribution in [0.2, 0.25) is 0 Å². The number of carboxylic acid groups (broad SMARTS) is 1. The first-order chi connectivity index (χ1) is 18.6. The normalized spacial score (nSPS) is 12.2. The van der Waals surface area contributed by atoms with Gasteiger partial charge in [0.25, 0.3) is 5.91 Å². The molecule has 0 aliphatic carbocycles. The van der Waals surface area contributed by atoms with Gasteiger partial charge >= 0.3 is 5.97 Å². The van der Waals surface area contributed by atoms with Gasteiger partial charge in [-0.1, -0.05) is 30.3 Å². The Labute approximate surface area is 248 Å². The lowest BCUT2D eigenvalue weighted by Gasteiger charge is -2.17. The number of carbonyl (C=O) groups is 2. The van der Waals surface area contributed by atoms with E-state index >= 15 is 0 Å². The summed E-state index contributed by atoms with van der Waals surface area (Å²) in [7, 11) is -4.00. The number of sulfonamides is 1. The van der Waals surface area contributed by atoms with Gasteiger partial charge in [-0.2, -0.15) is 9.82 Å². The second-order valence-electron chi connectivity index (χ2n) is 8.00. The van der Waals surface area contributed by atoms with Gasteiger partial charge in [-0.05, 0) is 99.4 Å². The van der Waals surface area contributed by atoms with E-state index in [0.717, 1.165) is 9.13 Å². The van der Waals surface area contributed by atoms with E-state index in [9.17, 15) is 18.0 Å². The Morgan fingerprint density at radius 1 is 1.10 bits per heavy atom. The first kappa shape index (κ1) is 30.5. The summed E-state index contributed by atoms with van der Waals surface area (Å²) in [4.78, 5) is 24.0. The van der Waals surface area contributed by atoms with Crippen molar-refractivity contribution in [3.63, 3.8) is 0 Å². The molecule has 0 bridgehead atoms. The molecule has 206 valence electrons. The quantitative estimate of drug-likeness (QED) is 0.137. The van der Waals surface area contributed by atoms with Crippen LogP contribution in [0.3, 0.4) is 0 Å². The van der Waals surface area contributed by atoms with Gasteiger partial charge in [0.15, 0.2) is 18.1 Å². The van der Waals surface area contributed by atoms with Crippen molar-refractivity contribution in [3.8, 4) is 11.5 Å². The molecular formula is C26H25BrIN3O7S. The first-order valence-corrected chi connectivity index (χ1v) is 14.9. The molecule has 10 nitrogen and oxygen atoms in total. The molecule has 39 heavy (non-hydrogen) atoms. The van der Waals surface area contributed by atoms with E-state index in [2.05, 4.69) is 53.8 Å². The fraction of sp³-hybridized carbons (Fsp3) is 0.192. The third-order valence-corrected chi connectivity index (χ3v) is 7.88. The molecule has 13 heteroatoms. The third-order valence-electron chi connectivity index (χ3n) is 5.08. The van der Waals surface area contributed by atoms with E-state index in [1.807, 2.05) is 6.07 Å². The average molecular weight is 730 g/mol. The van der Waals surface area contributed by atoms with Gasteiger partial charge in [0.05, 0.1) is 22.2 Å². The van der Waals surface area contributed by atoms with E-state index in [-0.39, 0.29) is 22.8 Å². The highest BCUT2D eigenvalue weighted by Crippen LogP contribution is 2.36. The lowest BCUT2D eigenvalue weighted by atomic mass is 10.1. The highest BCUT2D eigenvalue weighted by atomic mass is 127. The molecule has 1 atom stereocenters. The molecule has 3 aromatic carbocycles. The second-order valence-corrected chi connectivity index (χ2v) is 11.8. The summed E-state index contributed by atoms with van der Waals surface area (Å²) in [6.07, 6.45) is 1.45. The SMILES string of the molecule is CCOc1cc(/C=N\NC(=O)[C@H](Cc2ccccc2)NS(=O)(=O)c2ccc(I)cc2)cc(Br)c1OCC(=O)O. The first-order valence-electron chi connectivity index (χ1n) is 11.5. The maximum Gasteiger partial charge on any atom is 0.341 e. The van der Waals surface area contributed by atoms with Crippen LogP contribution in [0, 0.1) is 3.57 Å². The molecule has 0 aliphatic heterocycles. The van der Waals surface area contributed by atoms with Crippen LogP contribution in [0.15, 0.2) is 81.2 Å². The number of halogens is 2. The molecule has 3 N–H and O–H groups in total. The minimum absolute atomic E-state index is 0.0378. The van der Waals surface area contributed by atoms with Gasteiger partial charge in [0.2, 0.25) is 10.0 Å². The monoisotopic (exact) mass is 729 g/mol. The molecule has 0 aliphatic rings. The van der Waals surface area contributed by atoms with E-state index in [1.165, 1.54) is 18.3 Å². The number of hydrazone groups is 1. The Kier molecular flexibility index (Phi) is 11.3. The molecule has 0 saturated carbocycles. The van der Waals surface area contributed by atoms with Crippen LogP contribution in [-0.4, -0.2) is 50.9 Å². The molecule has 0 radical (unpaired) electrons. The van der Waals surface area contributed by atoms with E-state index in [0.29, 0.717) is 16.6 Å². The lowest BCUT2D eigenvalue weighted by Crippen LogP contribution is -2.46. The predicted molar refractivity (Wildman–Crippen MR) is 158 cm³/mol. The van der Waals surface area contributed by atoms with Crippen molar-refractivity contribution in [1.82, 2.24) is 10.1 Å². The fourth-order valence-electron chi connectivity index (χ4n) is 3.35. The van der Waals surface area contributed by atoms with Crippen molar-refractivity contribution < 1.29 is 32.6 Å². The van der Waals surface area contributed by atoms with Crippen molar-refractivity contribution in [2.45, 2.75) is 24.3 Å². The number of aliphatic carboxylic acids is 1. The number of nitrogens with zero attached hydrogens (tertiary/aromatic N) is 1. The van der Waals surface area contributed by atoms with Crippen molar-refractivity contribution in [3.05, 3.63) is 85.9 Å². The van der Waals surface area contributed by atoms with Crippen molar-refractivity contribution in [2.24, 2.45) is 5.10 Å². The van der Waals surface area contributed by atoms with Crippen LogP contribution < -0.4 is 19.6 Å². The van der Waals surface area contributed by atoms with Crippen molar-refractivity contribution in [1.29, 1.82) is 0 Å². The third kappa shape index (κ3) is 9.30. The topological polar surface area (TPSA) is 143 Å². The average Bonchev–Trinajstić information content (AvgIpc) is 2.88. The molecule has 3 aromatic rings. The molecule has 0 aromatic heterocycles. The number of amides is 1. The number of carboxylic acids is 1.